The molecule has 0 N–H and O–H groups in total. The summed E-state index contributed by atoms with van der Waals surface area (Å²) in [7, 11) is 1.62. The van der Waals surface area contributed by atoms with E-state index in [0.29, 0.717) is 31.3 Å². The number of nitrogens with zero attached hydrogens (tertiary/aromatic N) is 3. The largest absolute Gasteiger partial charge is 0.497 e. The van der Waals surface area contributed by atoms with Crippen LogP contribution >= 0.6 is 0 Å². The van der Waals surface area contributed by atoms with Gasteiger partial charge in [-0.15, -0.1) is 0 Å². The van der Waals surface area contributed by atoms with E-state index in [1.807, 2.05) is 55.5 Å². The van der Waals surface area contributed by atoms with E-state index in [-0.39, 0.29) is 11.8 Å². The van der Waals surface area contributed by atoms with Crippen LogP contribution in [0.15, 0.2) is 53.1 Å². The van der Waals surface area contributed by atoms with Crippen molar-refractivity contribution in [2.75, 3.05) is 25.2 Å². The lowest BCUT2D eigenvalue weighted by Crippen LogP contribution is -2.24. The van der Waals surface area contributed by atoms with Crippen LogP contribution in [0.3, 0.4) is 0 Å². The van der Waals surface area contributed by atoms with Crippen molar-refractivity contribution in [3.8, 4) is 23.0 Å². The topological polar surface area (TPSA) is 77.7 Å². The van der Waals surface area contributed by atoms with Crippen molar-refractivity contribution < 1.29 is 18.8 Å². The Labute approximate surface area is 162 Å². The summed E-state index contributed by atoms with van der Waals surface area (Å²) in [6, 6.07) is 14.9. The maximum Gasteiger partial charge on any atom is 0.257 e. The summed E-state index contributed by atoms with van der Waals surface area (Å²) >= 11 is 0. The van der Waals surface area contributed by atoms with E-state index >= 15 is 0 Å². The van der Waals surface area contributed by atoms with Crippen LogP contribution in [0.5, 0.6) is 11.5 Å². The molecule has 3 aromatic rings. The van der Waals surface area contributed by atoms with Crippen molar-refractivity contribution >= 4 is 11.6 Å². The average Bonchev–Trinajstić information content (AvgIpc) is 3.36. The lowest BCUT2D eigenvalue weighted by molar-refractivity contribution is -0.117. The zero-order valence-electron chi connectivity index (χ0n) is 15.8. The minimum Gasteiger partial charge on any atom is -0.497 e. The molecular formula is C21H21N3O4. The second-order valence-electron chi connectivity index (χ2n) is 6.52. The Hall–Kier alpha value is -3.35. The number of carbonyl (C=O) groups is 1. The highest BCUT2D eigenvalue weighted by Crippen LogP contribution is 2.32. The van der Waals surface area contributed by atoms with Crippen molar-refractivity contribution in [3.05, 3.63) is 54.4 Å². The third-order valence-corrected chi connectivity index (χ3v) is 4.73. The van der Waals surface area contributed by atoms with Gasteiger partial charge in [0, 0.05) is 30.1 Å². The van der Waals surface area contributed by atoms with Crippen LogP contribution in [-0.4, -0.2) is 36.3 Å². The predicted octanol–water partition coefficient (Wildman–Crippen LogP) is 3.66. The van der Waals surface area contributed by atoms with E-state index in [0.717, 1.165) is 22.7 Å². The molecule has 1 fully saturated rings. The Bertz CT molecular complexity index is 951. The molecule has 1 saturated heterocycles. The Kier molecular flexibility index (Phi) is 4.97. The van der Waals surface area contributed by atoms with E-state index < -0.39 is 0 Å². The number of benzene rings is 2. The predicted molar refractivity (Wildman–Crippen MR) is 104 cm³/mol. The van der Waals surface area contributed by atoms with Crippen LogP contribution in [0.1, 0.15) is 25.1 Å². The van der Waals surface area contributed by atoms with Crippen LogP contribution in [0.25, 0.3) is 11.5 Å². The van der Waals surface area contributed by atoms with Crippen LogP contribution in [0.4, 0.5) is 5.69 Å². The molecule has 0 bridgehead atoms. The van der Waals surface area contributed by atoms with Crippen molar-refractivity contribution in [2.45, 2.75) is 19.3 Å². The van der Waals surface area contributed by atoms with E-state index in [1.54, 1.807) is 12.0 Å². The van der Waals surface area contributed by atoms with E-state index in [1.165, 1.54) is 0 Å². The van der Waals surface area contributed by atoms with Crippen molar-refractivity contribution in [3.63, 3.8) is 0 Å². The fraction of sp³-hybridized carbons (Fsp3) is 0.286. The van der Waals surface area contributed by atoms with Gasteiger partial charge in [-0.1, -0.05) is 5.16 Å². The third-order valence-electron chi connectivity index (χ3n) is 4.73. The molecule has 2 aromatic carbocycles. The van der Waals surface area contributed by atoms with Crippen molar-refractivity contribution in [1.29, 1.82) is 0 Å². The highest BCUT2D eigenvalue weighted by atomic mass is 16.5. The average molecular weight is 379 g/mol. The monoisotopic (exact) mass is 379 g/mol. The molecular weight excluding hydrogens is 358 g/mol. The molecule has 0 aliphatic carbocycles. The zero-order valence-corrected chi connectivity index (χ0v) is 15.8. The molecule has 0 saturated carbocycles. The van der Waals surface area contributed by atoms with Gasteiger partial charge in [0.25, 0.3) is 5.89 Å². The maximum atomic E-state index is 12.5. The molecule has 1 unspecified atom stereocenters. The second-order valence-corrected chi connectivity index (χ2v) is 6.52. The van der Waals surface area contributed by atoms with Crippen LogP contribution in [0, 0.1) is 0 Å². The summed E-state index contributed by atoms with van der Waals surface area (Å²) in [5.74, 6) is 2.48. The molecule has 1 amide bonds. The van der Waals surface area contributed by atoms with Crippen LogP contribution in [-0.2, 0) is 4.79 Å². The number of aromatic nitrogens is 2. The maximum absolute atomic E-state index is 12.5. The van der Waals surface area contributed by atoms with Gasteiger partial charge in [-0.05, 0) is 55.5 Å². The molecule has 0 spiro atoms. The number of amides is 1. The van der Waals surface area contributed by atoms with Gasteiger partial charge in [-0.3, -0.25) is 4.79 Å². The molecule has 7 heteroatoms. The minimum atomic E-state index is -0.102. The van der Waals surface area contributed by atoms with Crippen LogP contribution in [0.2, 0.25) is 0 Å². The summed E-state index contributed by atoms with van der Waals surface area (Å²) < 4.78 is 16.0. The first-order valence-corrected chi connectivity index (χ1v) is 9.19. The summed E-state index contributed by atoms with van der Waals surface area (Å²) in [6.45, 7) is 3.08. The quantitative estimate of drug-likeness (QED) is 0.650. The number of rotatable bonds is 6. The highest BCUT2D eigenvalue weighted by molar-refractivity contribution is 5.96. The number of anilines is 1. The molecule has 2 heterocycles. The fourth-order valence-corrected chi connectivity index (χ4v) is 3.27. The summed E-state index contributed by atoms with van der Waals surface area (Å²) in [6.07, 6.45) is 0.355. The van der Waals surface area contributed by atoms with Gasteiger partial charge >= 0.3 is 0 Å². The van der Waals surface area contributed by atoms with Gasteiger partial charge in [-0.25, -0.2) is 0 Å². The van der Waals surface area contributed by atoms with Crippen LogP contribution < -0.4 is 14.4 Å². The molecule has 144 valence electrons. The first-order valence-electron chi connectivity index (χ1n) is 9.19. The Morgan fingerprint density at radius 3 is 2.50 bits per heavy atom. The second kappa shape index (κ2) is 7.72. The molecule has 1 aliphatic heterocycles. The fourth-order valence-electron chi connectivity index (χ4n) is 3.27. The van der Waals surface area contributed by atoms with E-state index in [2.05, 4.69) is 10.1 Å². The Balaban J connectivity index is 1.48. The molecule has 28 heavy (non-hydrogen) atoms. The van der Waals surface area contributed by atoms with Crippen molar-refractivity contribution in [1.82, 2.24) is 10.1 Å². The smallest absolute Gasteiger partial charge is 0.257 e. The lowest BCUT2D eigenvalue weighted by Gasteiger charge is -2.16. The standard InChI is InChI=1S/C21H21N3O4/c1-3-27-18-8-4-14(5-9-18)21-22-20(23-28-21)15-12-19(25)24(13-15)16-6-10-17(26-2)11-7-16/h4-11,15H,3,12-13H2,1-2H3. The zero-order chi connectivity index (χ0) is 19.5. The van der Waals surface area contributed by atoms with E-state index in [9.17, 15) is 4.79 Å². The molecule has 1 atom stereocenters. The number of carbonyl (C=O) groups excluding carboxylic acids is 1. The van der Waals surface area contributed by atoms with Gasteiger partial charge in [-0.2, -0.15) is 4.98 Å². The number of ether oxygens (including phenoxy) is 2. The first-order chi connectivity index (χ1) is 13.7. The minimum absolute atomic E-state index is 0.0441. The number of methoxy groups -OCH3 is 1. The van der Waals surface area contributed by atoms with Crippen molar-refractivity contribution in [2.24, 2.45) is 0 Å². The number of hydrogen-bond acceptors (Lipinski definition) is 6. The first kappa shape index (κ1) is 18.0. The lowest BCUT2D eigenvalue weighted by atomic mass is 10.1. The highest BCUT2D eigenvalue weighted by Gasteiger charge is 2.34. The SMILES string of the molecule is CCOc1ccc(-c2nc(C3CC(=O)N(c4ccc(OC)cc4)C3)no2)cc1. The molecule has 4 rings (SSSR count). The third kappa shape index (κ3) is 3.55. The molecule has 1 aliphatic rings. The Morgan fingerprint density at radius 2 is 1.82 bits per heavy atom. The normalized spacial score (nSPS) is 16.4. The molecule has 0 radical (unpaired) electrons. The van der Waals surface area contributed by atoms with Gasteiger partial charge in [0.1, 0.15) is 11.5 Å². The summed E-state index contributed by atoms with van der Waals surface area (Å²) in [4.78, 5) is 18.7. The van der Waals surface area contributed by atoms with Gasteiger partial charge in [0.05, 0.1) is 13.7 Å². The summed E-state index contributed by atoms with van der Waals surface area (Å²) in [5.41, 5.74) is 1.65. The van der Waals surface area contributed by atoms with E-state index in [4.69, 9.17) is 14.0 Å². The van der Waals surface area contributed by atoms with Gasteiger partial charge in [0.2, 0.25) is 5.91 Å². The number of hydrogen-bond donors (Lipinski definition) is 0. The molecule has 7 nitrogen and oxygen atoms in total. The van der Waals surface area contributed by atoms with Gasteiger partial charge in [0.15, 0.2) is 5.82 Å². The summed E-state index contributed by atoms with van der Waals surface area (Å²) in [5, 5.41) is 4.11. The Morgan fingerprint density at radius 1 is 1.11 bits per heavy atom. The molecule has 1 aromatic heterocycles. The van der Waals surface area contributed by atoms with Gasteiger partial charge < -0.3 is 18.9 Å².